The van der Waals surface area contributed by atoms with E-state index in [4.69, 9.17) is 4.74 Å². The van der Waals surface area contributed by atoms with Gasteiger partial charge in [0.1, 0.15) is 5.75 Å². The van der Waals surface area contributed by atoms with Crippen LogP contribution >= 0.6 is 0 Å². The third-order valence-corrected chi connectivity index (χ3v) is 5.76. The Morgan fingerprint density at radius 3 is 2.43 bits per heavy atom. The number of hydrogen-bond donors (Lipinski definition) is 0. The summed E-state index contributed by atoms with van der Waals surface area (Å²) in [5, 5.41) is 0. The highest BCUT2D eigenvalue weighted by Crippen LogP contribution is 2.40. The zero-order valence-corrected chi connectivity index (χ0v) is 17.2. The maximum Gasteiger partial charge on any atom is 0.292 e. The third-order valence-electron chi connectivity index (χ3n) is 5.76. The number of nitrogens with zero attached hydrogens (tertiary/aromatic N) is 1. The molecule has 1 aliphatic heterocycles. The minimum Gasteiger partial charge on any atom is -0.435 e. The van der Waals surface area contributed by atoms with Gasteiger partial charge in [0.2, 0.25) is 5.69 Å². The van der Waals surface area contributed by atoms with Gasteiger partial charge in [-0.15, -0.1) is 0 Å². The molecule has 1 heterocycles. The van der Waals surface area contributed by atoms with E-state index in [-0.39, 0.29) is 5.41 Å². The maximum atomic E-state index is 6.38. The van der Waals surface area contributed by atoms with Crippen LogP contribution < -0.4 is 4.74 Å². The van der Waals surface area contributed by atoms with Crippen LogP contribution in [0.4, 0.5) is 5.69 Å². The molecule has 0 N–H and O–H groups in total. The van der Waals surface area contributed by atoms with Gasteiger partial charge in [-0.1, -0.05) is 75.4 Å². The number of rotatable bonds is 4. The lowest BCUT2D eigenvalue weighted by Gasteiger charge is -2.30. The van der Waals surface area contributed by atoms with E-state index in [2.05, 4.69) is 105 Å². The standard InChI is InChI=1S/C26H28NO/c1-5-20-11-9-10-14-24(20)27-17-21-15-19(2)16-23(25(21)28-18-27)26(3,4)22-12-7-6-8-13-22/h6-17H,5,18H2,1-4H3/q+1. The van der Waals surface area contributed by atoms with Crippen LogP contribution in [0.5, 0.6) is 5.75 Å². The summed E-state index contributed by atoms with van der Waals surface area (Å²) < 4.78 is 8.60. The Kier molecular flexibility index (Phi) is 4.80. The smallest absolute Gasteiger partial charge is 0.292 e. The fourth-order valence-electron chi connectivity index (χ4n) is 4.10. The number of hydrogen-bond acceptors (Lipinski definition) is 1. The molecule has 0 saturated carbocycles. The van der Waals surface area contributed by atoms with Crippen LogP contribution in [0, 0.1) is 6.92 Å². The Bertz CT molecular complexity index is 1030. The van der Waals surface area contributed by atoms with E-state index in [1.807, 2.05) is 0 Å². The molecule has 0 atom stereocenters. The monoisotopic (exact) mass is 370 g/mol. The van der Waals surface area contributed by atoms with Crippen molar-refractivity contribution in [3.8, 4) is 5.75 Å². The zero-order valence-electron chi connectivity index (χ0n) is 17.2. The van der Waals surface area contributed by atoms with Crippen molar-refractivity contribution in [2.24, 2.45) is 0 Å². The van der Waals surface area contributed by atoms with Crippen molar-refractivity contribution in [2.45, 2.75) is 39.5 Å². The number of fused-ring (bicyclic) bond motifs is 1. The number of aryl methyl sites for hydroxylation is 2. The summed E-state index contributed by atoms with van der Waals surface area (Å²) >= 11 is 0. The van der Waals surface area contributed by atoms with Crippen LogP contribution in [0.2, 0.25) is 0 Å². The maximum absolute atomic E-state index is 6.38. The number of ether oxygens (including phenoxy) is 1. The minimum absolute atomic E-state index is 0.130. The van der Waals surface area contributed by atoms with Crippen molar-refractivity contribution in [2.75, 3.05) is 6.73 Å². The molecular weight excluding hydrogens is 342 g/mol. The molecule has 2 heteroatoms. The van der Waals surface area contributed by atoms with Crippen LogP contribution in [-0.2, 0) is 11.8 Å². The van der Waals surface area contributed by atoms with Crippen LogP contribution in [0.1, 0.15) is 48.6 Å². The highest BCUT2D eigenvalue weighted by atomic mass is 16.5. The van der Waals surface area contributed by atoms with Gasteiger partial charge in [-0.25, -0.2) is 0 Å². The van der Waals surface area contributed by atoms with E-state index < -0.39 is 0 Å². The lowest BCUT2D eigenvalue weighted by atomic mass is 9.76. The summed E-state index contributed by atoms with van der Waals surface area (Å²) in [6.07, 6.45) is 3.25. The van der Waals surface area contributed by atoms with Crippen molar-refractivity contribution in [1.29, 1.82) is 0 Å². The minimum atomic E-state index is -0.130. The molecule has 0 aliphatic carbocycles. The van der Waals surface area contributed by atoms with Crippen molar-refractivity contribution in [3.05, 3.63) is 94.5 Å². The van der Waals surface area contributed by atoms with Gasteiger partial charge in [0, 0.05) is 22.6 Å². The fraction of sp³-hybridized carbons (Fsp3) is 0.269. The average Bonchev–Trinajstić information content (AvgIpc) is 2.73. The Morgan fingerprint density at radius 2 is 1.68 bits per heavy atom. The molecule has 0 amide bonds. The molecule has 0 aromatic heterocycles. The van der Waals surface area contributed by atoms with E-state index in [0.717, 1.165) is 17.7 Å². The molecule has 0 bridgehead atoms. The number of para-hydroxylation sites is 1. The van der Waals surface area contributed by atoms with Crippen LogP contribution in [0.3, 0.4) is 0 Å². The molecule has 142 valence electrons. The first-order chi connectivity index (χ1) is 13.5. The summed E-state index contributed by atoms with van der Waals surface area (Å²) in [4.78, 5) is 0. The molecule has 3 aromatic rings. The molecule has 28 heavy (non-hydrogen) atoms. The molecule has 4 rings (SSSR count). The van der Waals surface area contributed by atoms with Gasteiger partial charge in [-0.05, 0) is 30.5 Å². The summed E-state index contributed by atoms with van der Waals surface area (Å²) in [7, 11) is 0. The molecule has 1 aliphatic rings. The summed E-state index contributed by atoms with van der Waals surface area (Å²) in [5.74, 6) is 1.00. The van der Waals surface area contributed by atoms with Gasteiger partial charge in [-0.3, -0.25) is 0 Å². The molecule has 0 spiro atoms. The van der Waals surface area contributed by atoms with Gasteiger partial charge in [0.05, 0.1) is 5.56 Å². The Balaban J connectivity index is 1.84. The van der Waals surface area contributed by atoms with Gasteiger partial charge in [-0.2, -0.15) is 4.58 Å². The second-order valence-electron chi connectivity index (χ2n) is 8.08. The molecule has 2 nitrogen and oxygen atoms in total. The third kappa shape index (κ3) is 3.24. The summed E-state index contributed by atoms with van der Waals surface area (Å²) in [5.41, 5.74) is 7.37. The first-order valence-corrected chi connectivity index (χ1v) is 10.0. The second-order valence-corrected chi connectivity index (χ2v) is 8.08. The molecule has 3 aromatic carbocycles. The number of benzene rings is 3. The Morgan fingerprint density at radius 1 is 0.964 bits per heavy atom. The SMILES string of the molecule is CCc1ccccc1[N+]1=Cc2cc(C)cc(C(C)(C)c3ccccc3)c2OC1. The normalized spacial score (nSPS) is 13.5. The first-order valence-electron chi connectivity index (χ1n) is 10.0. The summed E-state index contributed by atoms with van der Waals surface area (Å²) in [6, 6.07) is 23.7. The quantitative estimate of drug-likeness (QED) is 0.513. The van der Waals surface area contributed by atoms with E-state index in [0.29, 0.717) is 6.73 Å². The largest absolute Gasteiger partial charge is 0.435 e. The van der Waals surface area contributed by atoms with Gasteiger partial charge < -0.3 is 4.74 Å². The van der Waals surface area contributed by atoms with Crippen molar-refractivity contribution >= 4 is 11.9 Å². The van der Waals surface area contributed by atoms with Gasteiger partial charge in [0.25, 0.3) is 6.73 Å². The molecular formula is C26H28NO+. The van der Waals surface area contributed by atoms with E-state index in [1.54, 1.807) is 0 Å². The van der Waals surface area contributed by atoms with Crippen molar-refractivity contribution < 1.29 is 9.31 Å². The van der Waals surface area contributed by atoms with Crippen molar-refractivity contribution in [1.82, 2.24) is 0 Å². The Hall–Kier alpha value is -2.87. The lowest BCUT2D eigenvalue weighted by molar-refractivity contribution is -0.476. The zero-order chi connectivity index (χ0) is 19.7. The van der Waals surface area contributed by atoms with Crippen molar-refractivity contribution in [3.63, 3.8) is 0 Å². The van der Waals surface area contributed by atoms with E-state index in [9.17, 15) is 0 Å². The van der Waals surface area contributed by atoms with Crippen LogP contribution in [0.15, 0.2) is 66.7 Å². The second kappa shape index (κ2) is 7.27. The Labute approximate surface area is 168 Å². The first kappa shape index (κ1) is 18.5. The highest BCUT2D eigenvalue weighted by molar-refractivity contribution is 5.83. The highest BCUT2D eigenvalue weighted by Gasteiger charge is 2.31. The molecule has 0 unspecified atom stereocenters. The predicted molar refractivity (Wildman–Crippen MR) is 116 cm³/mol. The fourth-order valence-corrected chi connectivity index (χ4v) is 4.10. The average molecular weight is 371 g/mol. The molecule has 0 radical (unpaired) electrons. The summed E-state index contributed by atoms with van der Waals surface area (Å²) in [6.45, 7) is 9.45. The lowest BCUT2D eigenvalue weighted by Crippen LogP contribution is -2.26. The van der Waals surface area contributed by atoms with Crippen LogP contribution in [-0.4, -0.2) is 17.5 Å². The van der Waals surface area contributed by atoms with E-state index in [1.165, 1.54) is 27.9 Å². The molecule has 0 saturated heterocycles. The molecule has 0 fully saturated rings. The van der Waals surface area contributed by atoms with Gasteiger partial charge >= 0.3 is 0 Å². The van der Waals surface area contributed by atoms with Crippen LogP contribution in [0.25, 0.3) is 0 Å². The predicted octanol–water partition coefficient (Wildman–Crippen LogP) is 6.00. The topological polar surface area (TPSA) is 12.2 Å². The van der Waals surface area contributed by atoms with E-state index >= 15 is 0 Å². The van der Waals surface area contributed by atoms with Gasteiger partial charge in [0.15, 0.2) is 6.21 Å².